The molecule has 216 valence electrons. The van der Waals surface area contributed by atoms with Crippen molar-refractivity contribution >= 4 is 39.0 Å². The summed E-state index contributed by atoms with van der Waals surface area (Å²) >= 11 is 1.38. The van der Waals surface area contributed by atoms with Crippen LogP contribution in [0.25, 0.3) is 10.2 Å². The second-order valence-electron chi connectivity index (χ2n) is 9.32. The summed E-state index contributed by atoms with van der Waals surface area (Å²) in [6.07, 6.45) is 19.2. The van der Waals surface area contributed by atoms with Crippen LogP contribution in [0.1, 0.15) is 49.2 Å². The van der Waals surface area contributed by atoms with Gasteiger partial charge in [0, 0.05) is 13.6 Å². The lowest BCUT2D eigenvalue weighted by Gasteiger charge is -2.21. The Morgan fingerprint density at radius 2 is 1.90 bits per heavy atom. The van der Waals surface area contributed by atoms with E-state index in [1.54, 1.807) is 5.01 Å². The van der Waals surface area contributed by atoms with Crippen molar-refractivity contribution in [2.24, 2.45) is 0 Å². The number of terminal acetylenes is 1. The predicted molar refractivity (Wildman–Crippen MR) is 172 cm³/mol. The maximum atomic E-state index is 12.8. The Kier molecular flexibility index (Phi) is 15.2. The number of benzene rings is 1. The van der Waals surface area contributed by atoms with Gasteiger partial charge in [-0.2, -0.15) is 5.10 Å². The molecule has 3 aromatic rings. The predicted octanol–water partition coefficient (Wildman–Crippen LogP) is 5.67. The first-order valence-electron chi connectivity index (χ1n) is 13.9. The van der Waals surface area contributed by atoms with Crippen LogP contribution in [0, 0.1) is 12.8 Å². The number of carbonyl (C=O) groups excluding carboxylic acids is 1. The third-order valence-corrected chi connectivity index (χ3v) is 7.37. The number of allylic oxidation sites excluding steroid dienone is 2. The van der Waals surface area contributed by atoms with Crippen molar-refractivity contribution in [1.82, 2.24) is 25.8 Å². The van der Waals surface area contributed by atoms with E-state index in [0.29, 0.717) is 11.4 Å². The summed E-state index contributed by atoms with van der Waals surface area (Å²) in [5.74, 6) is 0.679. The molecule has 1 aromatic carbocycles. The number of nitrogens with one attached hydrogen (secondary N) is 4. The number of para-hydroxylation sites is 1. The van der Waals surface area contributed by atoms with Crippen LogP contribution in [0.15, 0.2) is 60.2 Å². The summed E-state index contributed by atoms with van der Waals surface area (Å²) in [6.45, 7) is 9.55. The second kappa shape index (κ2) is 18.7. The van der Waals surface area contributed by atoms with E-state index in [0.717, 1.165) is 47.8 Å². The van der Waals surface area contributed by atoms with Gasteiger partial charge in [0.25, 0.3) is 5.91 Å². The van der Waals surface area contributed by atoms with Crippen molar-refractivity contribution in [3.63, 3.8) is 0 Å². The second-order valence-corrected chi connectivity index (χ2v) is 10.4. The van der Waals surface area contributed by atoms with E-state index >= 15 is 0 Å². The molecule has 0 saturated heterocycles. The molecule has 0 bridgehead atoms. The highest BCUT2D eigenvalue weighted by Crippen LogP contribution is 2.29. The van der Waals surface area contributed by atoms with Crippen LogP contribution in [0.5, 0.6) is 0 Å². The molecule has 0 saturated carbocycles. The van der Waals surface area contributed by atoms with Gasteiger partial charge in [0.2, 0.25) is 0 Å². The Bertz CT molecular complexity index is 1210. The SMILES string of the molecule is C#C.C/C=C(\C=C/CCCN(CCC)CCCNC)CNc1[nH]nc2sc(C(=O)NN(C)c3ccccc3)cc12. The number of rotatable bonds is 17. The average Bonchev–Trinajstić information content (AvgIpc) is 3.58. The Balaban J connectivity index is 0.00000274. The zero-order chi connectivity index (χ0) is 29.2. The highest BCUT2D eigenvalue weighted by Gasteiger charge is 2.16. The molecule has 0 unspecified atom stereocenters. The number of anilines is 2. The van der Waals surface area contributed by atoms with Gasteiger partial charge in [-0.15, -0.1) is 24.2 Å². The lowest BCUT2D eigenvalue weighted by molar-refractivity contribution is 0.0955. The molecular formula is C31H45N7OS. The lowest BCUT2D eigenvalue weighted by atomic mass is 10.2. The maximum Gasteiger partial charge on any atom is 0.279 e. The van der Waals surface area contributed by atoms with Crippen LogP contribution >= 0.6 is 11.3 Å². The highest BCUT2D eigenvalue weighted by atomic mass is 32.1. The molecular weight excluding hydrogens is 518 g/mol. The molecule has 0 aliphatic rings. The fraction of sp³-hybridized carbons (Fsp3) is 0.419. The zero-order valence-corrected chi connectivity index (χ0v) is 25.2. The Hall–Kier alpha value is -3.58. The molecule has 8 nitrogen and oxygen atoms in total. The summed E-state index contributed by atoms with van der Waals surface area (Å²) in [7, 11) is 3.85. The minimum Gasteiger partial charge on any atom is -0.366 e. The smallest absolute Gasteiger partial charge is 0.279 e. The average molecular weight is 564 g/mol. The van der Waals surface area contributed by atoms with Gasteiger partial charge in [-0.25, -0.2) is 0 Å². The Labute approximate surface area is 243 Å². The van der Waals surface area contributed by atoms with Crippen molar-refractivity contribution in [3.8, 4) is 12.8 Å². The molecule has 40 heavy (non-hydrogen) atoms. The molecule has 0 fully saturated rings. The number of H-pyrrole nitrogens is 1. The number of hydrazine groups is 1. The summed E-state index contributed by atoms with van der Waals surface area (Å²) < 4.78 is 0. The minimum atomic E-state index is -0.151. The van der Waals surface area contributed by atoms with Crippen LogP contribution in [-0.4, -0.2) is 67.8 Å². The molecule has 0 aliphatic heterocycles. The number of carbonyl (C=O) groups is 1. The van der Waals surface area contributed by atoms with Crippen LogP contribution in [0.3, 0.4) is 0 Å². The van der Waals surface area contributed by atoms with Gasteiger partial charge in [-0.3, -0.25) is 20.3 Å². The minimum absolute atomic E-state index is 0.151. The van der Waals surface area contributed by atoms with E-state index in [2.05, 4.69) is 76.1 Å². The third kappa shape index (κ3) is 10.5. The van der Waals surface area contributed by atoms with Crippen molar-refractivity contribution in [1.29, 1.82) is 0 Å². The molecule has 0 radical (unpaired) electrons. The van der Waals surface area contributed by atoms with E-state index in [1.807, 2.05) is 50.5 Å². The van der Waals surface area contributed by atoms with Crippen LogP contribution in [0.4, 0.5) is 11.5 Å². The number of nitrogens with zero attached hydrogens (tertiary/aromatic N) is 3. The van der Waals surface area contributed by atoms with Crippen molar-refractivity contribution in [2.45, 2.75) is 39.5 Å². The Morgan fingerprint density at radius 1 is 1.15 bits per heavy atom. The van der Waals surface area contributed by atoms with Crippen LogP contribution in [-0.2, 0) is 0 Å². The summed E-state index contributed by atoms with van der Waals surface area (Å²) in [4.78, 5) is 16.8. The fourth-order valence-electron chi connectivity index (χ4n) is 4.23. The fourth-order valence-corrected chi connectivity index (χ4v) is 5.11. The van der Waals surface area contributed by atoms with Gasteiger partial charge in [0.1, 0.15) is 10.6 Å². The number of thiophene rings is 1. The molecule has 2 aromatic heterocycles. The quantitative estimate of drug-likeness (QED) is 0.0733. The number of fused-ring (bicyclic) bond motifs is 1. The Morgan fingerprint density at radius 3 is 2.60 bits per heavy atom. The molecule has 9 heteroatoms. The number of amides is 1. The standard InChI is InChI=1S/C29H43N7OS.C2H2/c1-5-18-36(20-13-17-30-3)19-12-8-9-14-23(6-2)22-31-27-25-21-26(38-29(25)33-32-27)28(37)34-35(4)24-15-10-7-11-16-24;1-2/h6-7,9-11,14-16,21,30H,5,8,12-13,17-20,22H2,1-4H3,(H,34,37)(H2,31,32,33);1-2H/b14-9-,23-6+;. The molecule has 0 aliphatic carbocycles. The third-order valence-electron chi connectivity index (χ3n) is 6.35. The molecule has 2 heterocycles. The van der Waals surface area contributed by atoms with E-state index in [-0.39, 0.29) is 5.91 Å². The molecule has 4 N–H and O–H groups in total. The highest BCUT2D eigenvalue weighted by molar-refractivity contribution is 7.20. The van der Waals surface area contributed by atoms with Gasteiger partial charge in [0.15, 0.2) is 0 Å². The van der Waals surface area contributed by atoms with Crippen LogP contribution in [0.2, 0.25) is 0 Å². The number of aromatic amines is 1. The molecule has 1 amide bonds. The zero-order valence-electron chi connectivity index (χ0n) is 24.4. The van der Waals surface area contributed by atoms with Crippen molar-refractivity contribution in [3.05, 3.63) is 65.1 Å². The van der Waals surface area contributed by atoms with Gasteiger partial charge in [-0.05, 0) is 89.6 Å². The lowest BCUT2D eigenvalue weighted by Crippen LogP contribution is -2.38. The van der Waals surface area contributed by atoms with Crippen molar-refractivity contribution < 1.29 is 4.79 Å². The summed E-state index contributed by atoms with van der Waals surface area (Å²) in [6, 6.07) is 11.6. The van der Waals surface area contributed by atoms with E-state index < -0.39 is 0 Å². The topological polar surface area (TPSA) is 88.3 Å². The number of hydrogen-bond donors (Lipinski definition) is 4. The molecule has 3 rings (SSSR count). The van der Waals surface area contributed by atoms with E-state index in [1.165, 1.54) is 42.7 Å². The van der Waals surface area contributed by atoms with Gasteiger partial charge >= 0.3 is 0 Å². The van der Waals surface area contributed by atoms with E-state index in [4.69, 9.17) is 0 Å². The molecule has 0 spiro atoms. The normalized spacial score (nSPS) is 11.5. The largest absolute Gasteiger partial charge is 0.366 e. The summed E-state index contributed by atoms with van der Waals surface area (Å²) in [5.41, 5.74) is 5.05. The summed E-state index contributed by atoms with van der Waals surface area (Å²) in [5, 5.41) is 16.8. The van der Waals surface area contributed by atoms with Gasteiger partial charge in [0.05, 0.1) is 16.0 Å². The van der Waals surface area contributed by atoms with Crippen LogP contribution < -0.4 is 21.1 Å². The first-order valence-corrected chi connectivity index (χ1v) is 14.7. The van der Waals surface area contributed by atoms with Gasteiger partial charge in [-0.1, -0.05) is 43.4 Å². The number of unbranched alkanes of at least 4 members (excludes halogenated alkanes) is 1. The number of hydrogen-bond acceptors (Lipinski definition) is 7. The molecule has 0 atom stereocenters. The van der Waals surface area contributed by atoms with Crippen molar-refractivity contribution in [2.75, 3.05) is 57.1 Å². The monoisotopic (exact) mass is 563 g/mol. The maximum absolute atomic E-state index is 12.8. The number of aromatic nitrogens is 2. The first kappa shape index (κ1) is 32.6. The van der Waals surface area contributed by atoms with Gasteiger partial charge < -0.3 is 15.5 Å². The van der Waals surface area contributed by atoms with E-state index in [9.17, 15) is 4.79 Å². The first-order chi connectivity index (χ1) is 19.5.